The van der Waals surface area contributed by atoms with Crippen molar-refractivity contribution in [3.8, 4) is 17.5 Å². The standard InChI is InChI=1S/C30H26N6O4S/c1-19-25(27-22(18-32-19)12-8-16-31-27)29(37)34-20(2)28-35-24-15-7-10-21(11-9-17-33-41(3,39)40)26(24)30(38)36(28)23-13-5-4-6-14-23/h4-8,10,12-16,18,20,33H,17H2,1-3H3,(H,34,37). The number of amides is 1. The van der Waals surface area contributed by atoms with E-state index in [1.54, 1.807) is 74.8 Å². The van der Waals surface area contributed by atoms with Gasteiger partial charge in [0.05, 0.1) is 52.2 Å². The number of hydrogen-bond donors (Lipinski definition) is 2. The van der Waals surface area contributed by atoms with Gasteiger partial charge in [0.2, 0.25) is 10.0 Å². The predicted molar refractivity (Wildman–Crippen MR) is 157 cm³/mol. The fourth-order valence-corrected chi connectivity index (χ4v) is 4.85. The number of rotatable bonds is 6. The molecular weight excluding hydrogens is 540 g/mol. The molecule has 0 aliphatic rings. The van der Waals surface area contributed by atoms with Crippen LogP contribution < -0.4 is 15.6 Å². The van der Waals surface area contributed by atoms with E-state index in [9.17, 15) is 18.0 Å². The van der Waals surface area contributed by atoms with E-state index >= 15 is 0 Å². The lowest BCUT2D eigenvalue weighted by Gasteiger charge is -2.20. The van der Waals surface area contributed by atoms with Crippen molar-refractivity contribution in [1.29, 1.82) is 0 Å². The molecule has 0 bridgehead atoms. The third kappa shape index (κ3) is 5.84. The number of nitrogens with one attached hydrogen (secondary N) is 2. The molecule has 0 aliphatic carbocycles. The Balaban J connectivity index is 1.61. The molecule has 2 aromatic carbocycles. The van der Waals surface area contributed by atoms with Crippen LogP contribution >= 0.6 is 0 Å². The number of benzene rings is 2. The summed E-state index contributed by atoms with van der Waals surface area (Å²) in [5.41, 5.74) is 2.41. The second-order valence-electron chi connectivity index (χ2n) is 9.40. The van der Waals surface area contributed by atoms with Crippen LogP contribution in [0.1, 0.15) is 40.4 Å². The van der Waals surface area contributed by atoms with Gasteiger partial charge in [-0.3, -0.25) is 24.1 Å². The fraction of sp³-hybridized carbons (Fsp3) is 0.167. The van der Waals surface area contributed by atoms with Crippen LogP contribution in [0.4, 0.5) is 0 Å². The maximum Gasteiger partial charge on any atom is 0.267 e. The first-order chi connectivity index (χ1) is 19.6. The summed E-state index contributed by atoms with van der Waals surface area (Å²) in [5.74, 6) is 5.58. The number of carbonyl (C=O) groups excluding carboxylic acids is 1. The number of pyridine rings is 2. The summed E-state index contributed by atoms with van der Waals surface area (Å²) < 4.78 is 26.5. The molecular formula is C30H26N6O4S. The molecule has 3 heterocycles. The third-order valence-corrected chi connectivity index (χ3v) is 7.05. The molecule has 10 nitrogen and oxygen atoms in total. The van der Waals surface area contributed by atoms with E-state index in [0.717, 1.165) is 11.6 Å². The zero-order chi connectivity index (χ0) is 29.1. The van der Waals surface area contributed by atoms with Gasteiger partial charge in [0, 0.05) is 23.3 Å². The smallest absolute Gasteiger partial charge is 0.267 e. The average Bonchev–Trinajstić information content (AvgIpc) is 2.95. The second-order valence-corrected chi connectivity index (χ2v) is 11.2. The van der Waals surface area contributed by atoms with Crippen LogP contribution in [0.25, 0.3) is 27.5 Å². The van der Waals surface area contributed by atoms with E-state index in [1.165, 1.54) is 4.57 Å². The number of hydrogen-bond acceptors (Lipinski definition) is 7. The van der Waals surface area contributed by atoms with Crippen molar-refractivity contribution in [3.05, 3.63) is 106 Å². The van der Waals surface area contributed by atoms with Crippen LogP contribution in [0.2, 0.25) is 0 Å². The van der Waals surface area contributed by atoms with Crippen molar-refractivity contribution in [3.63, 3.8) is 0 Å². The van der Waals surface area contributed by atoms with Crippen molar-refractivity contribution in [1.82, 2.24) is 29.6 Å². The van der Waals surface area contributed by atoms with Gasteiger partial charge in [0.15, 0.2) is 0 Å². The molecule has 5 aromatic rings. The number of nitrogens with zero attached hydrogens (tertiary/aromatic N) is 4. The summed E-state index contributed by atoms with van der Waals surface area (Å²) in [4.78, 5) is 41.2. The number of aryl methyl sites for hydroxylation is 1. The molecule has 0 saturated heterocycles. The van der Waals surface area contributed by atoms with Crippen molar-refractivity contribution in [2.75, 3.05) is 12.8 Å². The van der Waals surface area contributed by atoms with Crippen molar-refractivity contribution in [2.24, 2.45) is 0 Å². The Morgan fingerprint density at radius 1 is 1.05 bits per heavy atom. The van der Waals surface area contributed by atoms with Gasteiger partial charge in [0.25, 0.3) is 11.5 Å². The van der Waals surface area contributed by atoms with Gasteiger partial charge in [-0.15, -0.1) is 0 Å². The van der Waals surface area contributed by atoms with Gasteiger partial charge >= 0.3 is 0 Å². The molecule has 0 spiro atoms. The summed E-state index contributed by atoms with van der Waals surface area (Å²) in [7, 11) is -3.41. The first-order valence-corrected chi connectivity index (χ1v) is 14.6. The molecule has 0 radical (unpaired) electrons. The maximum absolute atomic E-state index is 14.1. The molecule has 1 atom stereocenters. The number of fused-ring (bicyclic) bond motifs is 2. The molecule has 1 amide bonds. The molecule has 11 heteroatoms. The quantitative estimate of drug-likeness (QED) is 0.302. The highest BCUT2D eigenvalue weighted by Gasteiger charge is 2.23. The molecule has 1 unspecified atom stereocenters. The lowest BCUT2D eigenvalue weighted by molar-refractivity contribution is 0.0938. The van der Waals surface area contributed by atoms with Gasteiger partial charge < -0.3 is 5.32 Å². The number of carbonyl (C=O) groups is 1. The van der Waals surface area contributed by atoms with E-state index in [1.807, 2.05) is 12.1 Å². The largest absolute Gasteiger partial charge is 0.342 e. The normalized spacial score (nSPS) is 12.1. The number of aromatic nitrogens is 4. The van der Waals surface area contributed by atoms with E-state index in [4.69, 9.17) is 4.98 Å². The molecule has 0 saturated carbocycles. The van der Waals surface area contributed by atoms with Crippen LogP contribution in [-0.2, 0) is 10.0 Å². The minimum Gasteiger partial charge on any atom is -0.342 e. The molecule has 206 valence electrons. The Labute approximate surface area is 236 Å². The molecule has 0 aliphatic heterocycles. The highest BCUT2D eigenvalue weighted by Crippen LogP contribution is 2.22. The predicted octanol–water partition coefficient (Wildman–Crippen LogP) is 3.03. The van der Waals surface area contributed by atoms with Gasteiger partial charge in [0.1, 0.15) is 5.82 Å². The zero-order valence-corrected chi connectivity index (χ0v) is 23.4. The minimum atomic E-state index is -3.41. The van der Waals surface area contributed by atoms with Gasteiger partial charge in [-0.2, -0.15) is 0 Å². The van der Waals surface area contributed by atoms with Crippen molar-refractivity contribution < 1.29 is 13.2 Å². The fourth-order valence-electron chi connectivity index (χ4n) is 4.51. The monoisotopic (exact) mass is 566 g/mol. The molecule has 5 rings (SSSR count). The molecule has 41 heavy (non-hydrogen) atoms. The third-order valence-electron chi connectivity index (χ3n) is 6.38. The van der Waals surface area contributed by atoms with E-state index < -0.39 is 22.0 Å². The lowest BCUT2D eigenvalue weighted by Crippen LogP contribution is -2.34. The summed E-state index contributed by atoms with van der Waals surface area (Å²) in [6.45, 7) is 3.40. The van der Waals surface area contributed by atoms with E-state index in [0.29, 0.717) is 39.4 Å². The van der Waals surface area contributed by atoms with Crippen molar-refractivity contribution >= 4 is 37.7 Å². The molecule has 2 N–H and O–H groups in total. The average molecular weight is 567 g/mol. The lowest BCUT2D eigenvalue weighted by atomic mass is 10.1. The number of para-hydroxylation sites is 1. The van der Waals surface area contributed by atoms with Crippen LogP contribution in [0.5, 0.6) is 0 Å². The first kappa shape index (κ1) is 27.6. The number of sulfonamides is 1. The Morgan fingerprint density at radius 3 is 2.59 bits per heavy atom. The minimum absolute atomic E-state index is 0.103. The highest BCUT2D eigenvalue weighted by atomic mass is 32.2. The Bertz CT molecular complexity index is 2030. The second kappa shape index (κ2) is 11.3. The SMILES string of the molecule is Cc1ncc2cccnc2c1C(=O)NC(C)c1nc2cccc(C#CCNS(C)(=O)=O)c2c(=O)n1-c1ccccc1. The molecule has 3 aromatic heterocycles. The zero-order valence-electron chi connectivity index (χ0n) is 22.5. The molecule has 0 fully saturated rings. The van der Waals surface area contributed by atoms with Crippen LogP contribution in [0.3, 0.4) is 0 Å². The van der Waals surface area contributed by atoms with E-state index in [-0.39, 0.29) is 17.5 Å². The van der Waals surface area contributed by atoms with Gasteiger partial charge in [-0.1, -0.05) is 36.1 Å². The summed E-state index contributed by atoms with van der Waals surface area (Å²) in [5, 5.41) is 4.00. The van der Waals surface area contributed by atoms with Crippen LogP contribution in [-0.4, -0.2) is 46.6 Å². The summed E-state index contributed by atoms with van der Waals surface area (Å²) >= 11 is 0. The maximum atomic E-state index is 14.1. The van der Waals surface area contributed by atoms with Gasteiger partial charge in [-0.05, 0) is 50.2 Å². The van der Waals surface area contributed by atoms with E-state index in [2.05, 4.69) is 31.8 Å². The summed E-state index contributed by atoms with van der Waals surface area (Å²) in [6.07, 6.45) is 4.34. The Morgan fingerprint density at radius 2 is 1.83 bits per heavy atom. The first-order valence-electron chi connectivity index (χ1n) is 12.7. The Kier molecular flexibility index (Phi) is 7.61. The van der Waals surface area contributed by atoms with Gasteiger partial charge in [-0.25, -0.2) is 18.1 Å². The topological polar surface area (TPSA) is 136 Å². The van der Waals surface area contributed by atoms with Crippen molar-refractivity contribution in [2.45, 2.75) is 19.9 Å². The Hall–Kier alpha value is -4.92. The van der Waals surface area contributed by atoms with Crippen LogP contribution in [0, 0.1) is 18.8 Å². The van der Waals surface area contributed by atoms with Crippen LogP contribution in [0.15, 0.2) is 77.9 Å². The highest BCUT2D eigenvalue weighted by molar-refractivity contribution is 7.88. The summed E-state index contributed by atoms with van der Waals surface area (Å²) in [6, 6.07) is 17.0.